The zero-order valence-electron chi connectivity index (χ0n) is 9.29. The molecule has 0 amide bonds. The van der Waals surface area contributed by atoms with Gasteiger partial charge in [0.15, 0.2) is 6.20 Å². The van der Waals surface area contributed by atoms with Gasteiger partial charge in [0.1, 0.15) is 5.52 Å². The van der Waals surface area contributed by atoms with Crippen LogP contribution in [-0.4, -0.2) is 9.91 Å². The van der Waals surface area contributed by atoms with E-state index in [1.165, 1.54) is 24.4 Å². The van der Waals surface area contributed by atoms with Gasteiger partial charge < -0.3 is 5.21 Å². The molecular weight excluding hydrogens is 222 g/mol. The van der Waals surface area contributed by atoms with Gasteiger partial charge in [0.05, 0.1) is 16.7 Å². The third-order valence-corrected chi connectivity index (χ3v) is 2.50. The zero-order chi connectivity index (χ0) is 12.4. The summed E-state index contributed by atoms with van der Waals surface area (Å²) >= 11 is 0. The van der Waals surface area contributed by atoms with Gasteiger partial charge in [-0.3, -0.25) is 10.1 Å². The first kappa shape index (κ1) is 11.3. The zero-order valence-corrected chi connectivity index (χ0v) is 9.29. The number of fused-ring (bicyclic) bond motifs is 1. The summed E-state index contributed by atoms with van der Waals surface area (Å²) in [6, 6.07) is 4.14. The number of benzene rings is 1. The minimum atomic E-state index is -0.492. The van der Waals surface area contributed by atoms with Gasteiger partial charge in [-0.1, -0.05) is 11.9 Å². The van der Waals surface area contributed by atoms with E-state index < -0.39 is 4.92 Å². The Morgan fingerprint density at radius 1 is 1.47 bits per heavy atom. The average Bonchev–Trinajstić information content (AvgIpc) is 2.32. The molecule has 17 heavy (non-hydrogen) atoms. The number of hydrogen-bond acceptors (Lipinski definition) is 4. The first-order valence-electron chi connectivity index (χ1n) is 5.29. The number of non-ortho nitro benzene ring substituents is 1. The van der Waals surface area contributed by atoms with E-state index in [1.807, 2.05) is 6.92 Å². The van der Waals surface area contributed by atoms with Crippen LogP contribution in [0.2, 0.25) is 0 Å². The monoisotopic (exact) mass is 233 g/mol. The molecule has 2 aromatic rings. The molecule has 0 aliphatic rings. The molecule has 2 rings (SSSR count). The van der Waals surface area contributed by atoms with Crippen LogP contribution in [0.3, 0.4) is 0 Å². The Bertz CT molecular complexity index is 583. The fraction of sp³-hybridized carbons (Fsp3) is 0.273. The number of aromatic nitrogens is 2. The lowest BCUT2D eigenvalue weighted by atomic mass is 10.2. The Balaban J connectivity index is 2.60. The molecule has 0 N–H and O–H groups in total. The Morgan fingerprint density at radius 2 is 2.24 bits per heavy atom. The molecule has 88 valence electrons. The minimum Gasteiger partial charge on any atom is -0.710 e. The fourth-order valence-electron chi connectivity index (χ4n) is 1.67. The van der Waals surface area contributed by atoms with Crippen LogP contribution in [0.4, 0.5) is 5.69 Å². The van der Waals surface area contributed by atoms with Gasteiger partial charge in [-0.15, -0.1) is 0 Å². The van der Waals surface area contributed by atoms with Crippen LogP contribution >= 0.6 is 0 Å². The molecule has 1 aromatic carbocycles. The van der Waals surface area contributed by atoms with Crippen LogP contribution < -0.4 is 4.73 Å². The third-order valence-electron chi connectivity index (χ3n) is 2.50. The average molecular weight is 233 g/mol. The predicted molar refractivity (Wildman–Crippen MR) is 61.4 cm³/mol. The molecule has 0 unspecified atom stereocenters. The SMILES string of the molecule is CCCc1ncc2cc([N+](=O)[O-])ccc2[n+]1[O-]. The summed E-state index contributed by atoms with van der Waals surface area (Å²) in [4.78, 5) is 14.1. The molecule has 0 aliphatic carbocycles. The molecule has 0 spiro atoms. The molecule has 0 saturated heterocycles. The van der Waals surface area contributed by atoms with Crippen molar-refractivity contribution in [3.8, 4) is 0 Å². The van der Waals surface area contributed by atoms with Crippen molar-refractivity contribution < 1.29 is 9.65 Å². The summed E-state index contributed by atoms with van der Waals surface area (Å²) in [6.45, 7) is 1.96. The molecule has 0 radical (unpaired) electrons. The Labute approximate surface area is 97.3 Å². The van der Waals surface area contributed by atoms with Crippen LogP contribution in [0.15, 0.2) is 24.4 Å². The maximum absolute atomic E-state index is 11.9. The van der Waals surface area contributed by atoms with Crippen molar-refractivity contribution in [2.45, 2.75) is 19.8 Å². The lowest BCUT2D eigenvalue weighted by molar-refractivity contribution is -0.589. The molecule has 0 saturated carbocycles. The highest BCUT2D eigenvalue weighted by atomic mass is 16.6. The van der Waals surface area contributed by atoms with Crippen molar-refractivity contribution in [2.75, 3.05) is 0 Å². The lowest BCUT2D eigenvalue weighted by Crippen LogP contribution is -2.34. The highest BCUT2D eigenvalue weighted by molar-refractivity contribution is 5.77. The lowest BCUT2D eigenvalue weighted by Gasteiger charge is -2.08. The Hall–Kier alpha value is -2.24. The van der Waals surface area contributed by atoms with Crippen LogP contribution in [0.25, 0.3) is 10.9 Å². The smallest absolute Gasteiger partial charge is 0.301 e. The summed E-state index contributed by atoms with van der Waals surface area (Å²) in [5.74, 6) is 0.439. The first-order valence-corrected chi connectivity index (χ1v) is 5.29. The molecule has 1 aromatic heterocycles. The minimum absolute atomic E-state index is 0.0393. The van der Waals surface area contributed by atoms with E-state index in [1.54, 1.807) is 0 Å². The van der Waals surface area contributed by atoms with E-state index in [0.29, 0.717) is 23.1 Å². The van der Waals surface area contributed by atoms with Crippen LogP contribution in [0.1, 0.15) is 19.2 Å². The number of nitro benzene ring substituents is 1. The second-order valence-electron chi connectivity index (χ2n) is 3.72. The van der Waals surface area contributed by atoms with E-state index >= 15 is 0 Å². The normalized spacial score (nSPS) is 10.6. The summed E-state index contributed by atoms with van der Waals surface area (Å²) in [7, 11) is 0. The molecule has 0 aliphatic heterocycles. The van der Waals surface area contributed by atoms with Crippen molar-refractivity contribution in [1.29, 1.82) is 0 Å². The predicted octanol–water partition coefficient (Wildman–Crippen LogP) is 1.73. The highest BCUT2D eigenvalue weighted by Crippen LogP contribution is 2.17. The van der Waals surface area contributed by atoms with Gasteiger partial charge in [0.25, 0.3) is 5.69 Å². The fourth-order valence-corrected chi connectivity index (χ4v) is 1.67. The number of aryl methyl sites for hydroxylation is 1. The van der Waals surface area contributed by atoms with E-state index in [9.17, 15) is 15.3 Å². The highest BCUT2D eigenvalue weighted by Gasteiger charge is 2.13. The van der Waals surface area contributed by atoms with Crippen LogP contribution in [0.5, 0.6) is 0 Å². The van der Waals surface area contributed by atoms with Crippen molar-refractivity contribution >= 4 is 16.6 Å². The second-order valence-corrected chi connectivity index (χ2v) is 3.72. The molecule has 0 bridgehead atoms. The quantitative estimate of drug-likeness (QED) is 0.350. The third kappa shape index (κ3) is 2.01. The number of hydrogen-bond donors (Lipinski definition) is 0. The first-order chi connectivity index (χ1) is 8.13. The summed E-state index contributed by atoms with van der Waals surface area (Å²) < 4.78 is 0.739. The van der Waals surface area contributed by atoms with E-state index in [0.717, 1.165) is 11.2 Å². The molecule has 1 heterocycles. The summed E-state index contributed by atoms with van der Waals surface area (Å²) in [5, 5.41) is 23.0. The number of rotatable bonds is 3. The molecule has 0 atom stereocenters. The molecule has 6 nitrogen and oxygen atoms in total. The molecule has 0 fully saturated rings. The van der Waals surface area contributed by atoms with Crippen molar-refractivity contribution in [1.82, 2.24) is 4.98 Å². The maximum atomic E-state index is 11.9. The largest absolute Gasteiger partial charge is 0.710 e. The van der Waals surface area contributed by atoms with Gasteiger partial charge in [-0.05, 0) is 12.5 Å². The second kappa shape index (κ2) is 4.32. The van der Waals surface area contributed by atoms with Crippen molar-refractivity contribution in [2.24, 2.45) is 0 Å². The van der Waals surface area contributed by atoms with E-state index in [-0.39, 0.29) is 5.69 Å². The van der Waals surface area contributed by atoms with Crippen LogP contribution in [-0.2, 0) is 6.42 Å². The van der Waals surface area contributed by atoms with E-state index in [2.05, 4.69) is 4.98 Å². The number of nitrogens with zero attached hydrogens (tertiary/aromatic N) is 3. The van der Waals surface area contributed by atoms with Crippen molar-refractivity contribution in [3.05, 3.63) is 45.5 Å². The Kier molecular flexibility index (Phi) is 2.86. The Morgan fingerprint density at radius 3 is 2.88 bits per heavy atom. The van der Waals surface area contributed by atoms with Crippen LogP contribution in [0, 0.1) is 15.3 Å². The van der Waals surface area contributed by atoms with Crippen molar-refractivity contribution in [3.63, 3.8) is 0 Å². The van der Waals surface area contributed by atoms with Gasteiger partial charge in [-0.2, -0.15) is 0 Å². The molecular formula is C11H11N3O3. The van der Waals surface area contributed by atoms with Gasteiger partial charge in [0.2, 0.25) is 0 Å². The van der Waals surface area contributed by atoms with Gasteiger partial charge >= 0.3 is 5.82 Å². The summed E-state index contributed by atoms with van der Waals surface area (Å²) in [5.41, 5.74) is 0.372. The molecule has 6 heteroatoms. The maximum Gasteiger partial charge on any atom is 0.301 e. The van der Waals surface area contributed by atoms with Gasteiger partial charge in [0, 0.05) is 12.1 Å². The summed E-state index contributed by atoms with van der Waals surface area (Å²) in [6.07, 6.45) is 2.92. The number of nitro groups is 1. The van der Waals surface area contributed by atoms with E-state index in [4.69, 9.17) is 0 Å². The standard InChI is InChI=1S/C11H11N3O3/c1-2-3-11-12-7-8-6-9(14(16)17)4-5-10(8)13(11)15/h4-7H,2-3H2,1H3. The topological polar surface area (TPSA) is 83.0 Å². The van der Waals surface area contributed by atoms with Gasteiger partial charge in [-0.25, -0.2) is 4.73 Å².